The van der Waals surface area contributed by atoms with Gasteiger partial charge in [-0.3, -0.25) is 0 Å². The second-order valence-corrected chi connectivity index (χ2v) is 9.71. The summed E-state index contributed by atoms with van der Waals surface area (Å²) < 4.78 is 53.7. The fourth-order valence-electron chi connectivity index (χ4n) is 3.73. The Balaban J connectivity index is 1.49. The number of ether oxygens (including phenoxy) is 1. The van der Waals surface area contributed by atoms with E-state index in [1.165, 1.54) is 29.5 Å². The van der Waals surface area contributed by atoms with E-state index >= 15 is 0 Å². The lowest BCUT2D eigenvalue weighted by Gasteiger charge is -2.11. The Morgan fingerprint density at radius 3 is 2.74 bits per heavy atom. The molecule has 0 bridgehead atoms. The van der Waals surface area contributed by atoms with Crippen molar-refractivity contribution >= 4 is 22.4 Å². The minimum Gasteiger partial charge on any atom is -0.486 e. The third kappa shape index (κ3) is 5.56. The first kappa shape index (κ1) is 22.0. The number of hydrogen-bond donors (Lipinski definition) is 1. The summed E-state index contributed by atoms with van der Waals surface area (Å²) in [5, 5.41) is 0.850. The maximum Gasteiger partial charge on any atom is 0.165 e. The number of thiazole rings is 1. The topological polar surface area (TPSA) is 59.4 Å². The molecule has 164 valence electrons. The van der Waals surface area contributed by atoms with E-state index in [1.807, 2.05) is 0 Å². The molecule has 4 nitrogen and oxygen atoms in total. The van der Waals surface area contributed by atoms with Crippen LogP contribution in [0.25, 0.3) is 10.6 Å². The quantitative estimate of drug-likeness (QED) is 0.435. The van der Waals surface area contributed by atoms with Crippen molar-refractivity contribution in [1.29, 1.82) is 0 Å². The summed E-state index contributed by atoms with van der Waals surface area (Å²) in [4.78, 5) is 6.06. The number of aromatic nitrogens is 1. The second kappa shape index (κ2) is 9.97. The van der Waals surface area contributed by atoms with Crippen LogP contribution >= 0.6 is 11.3 Å². The number of fused-ring (bicyclic) bond motifs is 1. The number of nitrogens with zero attached hydrogens (tertiary/aromatic N) is 1. The molecular weight excluding hydrogens is 440 g/mol. The molecule has 1 unspecified atom stereocenters. The number of hydrogen-bond acceptors (Lipinski definition) is 4. The maximum absolute atomic E-state index is 14.5. The molecule has 1 aromatic heterocycles. The van der Waals surface area contributed by atoms with Gasteiger partial charge in [0.15, 0.2) is 22.6 Å². The molecule has 31 heavy (non-hydrogen) atoms. The van der Waals surface area contributed by atoms with Crippen molar-refractivity contribution < 1.29 is 22.3 Å². The molecule has 0 radical (unpaired) electrons. The Hall–Kier alpha value is -2.16. The highest BCUT2D eigenvalue weighted by atomic mass is 32.2. The standard InChI is InChI=1S/C23H23F2NO3S2/c24-17-8-9-18(23-26-20-5-1-2-6-22(20)30-23)16(13-17)14-29-21-10-7-15(12-19(21)25)4-3-11-31(27)28/h7-10,12-13H,1-6,11,14H2,(H,27,28). The fraction of sp³-hybridized carbons (Fsp3) is 0.348. The first-order valence-corrected chi connectivity index (χ1v) is 12.3. The van der Waals surface area contributed by atoms with Crippen molar-refractivity contribution in [3.63, 3.8) is 0 Å². The van der Waals surface area contributed by atoms with Crippen molar-refractivity contribution in [2.75, 3.05) is 5.75 Å². The highest BCUT2D eigenvalue weighted by Gasteiger charge is 2.18. The third-order valence-electron chi connectivity index (χ3n) is 5.31. The summed E-state index contributed by atoms with van der Waals surface area (Å²) in [5.41, 5.74) is 3.30. The molecule has 8 heteroatoms. The Morgan fingerprint density at radius 1 is 1.13 bits per heavy atom. The Bertz CT molecular complexity index is 1080. The zero-order valence-corrected chi connectivity index (χ0v) is 18.5. The largest absolute Gasteiger partial charge is 0.486 e. The van der Waals surface area contributed by atoms with Gasteiger partial charge in [0.2, 0.25) is 0 Å². The van der Waals surface area contributed by atoms with Gasteiger partial charge in [0.1, 0.15) is 17.4 Å². The monoisotopic (exact) mass is 463 g/mol. The zero-order valence-electron chi connectivity index (χ0n) is 16.9. The van der Waals surface area contributed by atoms with Gasteiger partial charge < -0.3 is 9.29 Å². The van der Waals surface area contributed by atoms with Crippen LogP contribution in [0, 0.1) is 11.6 Å². The molecule has 1 N–H and O–H groups in total. The molecule has 1 heterocycles. The van der Waals surface area contributed by atoms with Gasteiger partial charge in [0, 0.05) is 21.8 Å². The lowest BCUT2D eigenvalue weighted by molar-refractivity contribution is 0.290. The number of rotatable bonds is 8. The van der Waals surface area contributed by atoms with Crippen LogP contribution < -0.4 is 4.74 Å². The van der Waals surface area contributed by atoms with E-state index in [4.69, 9.17) is 14.3 Å². The summed E-state index contributed by atoms with van der Waals surface area (Å²) in [5.74, 6) is -0.642. The lowest BCUT2D eigenvalue weighted by Crippen LogP contribution is -2.02. The Kier molecular flexibility index (Phi) is 7.09. The van der Waals surface area contributed by atoms with Gasteiger partial charge in [-0.2, -0.15) is 0 Å². The molecule has 1 aliphatic carbocycles. The van der Waals surface area contributed by atoms with Gasteiger partial charge in [-0.25, -0.2) is 18.0 Å². The van der Waals surface area contributed by atoms with Crippen molar-refractivity contribution in [2.24, 2.45) is 0 Å². The fourth-order valence-corrected chi connectivity index (χ4v) is 5.33. The predicted molar refractivity (Wildman–Crippen MR) is 119 cm³/mol. The Labute approximate surface area is 186 Å². The van der Waals surface area contributed by atoms with Crippen LogP contribution in [0.4, 0.5) is 8.78 Å². The van der Waals surface area contributed by atoms with Gasteiger partial charge in [0.25, 0.3) is 0 Å². The molecule has 0 aliphatic heterocycles. The summed E-state index contributed by atoms with van der Waals surface area (Å²) in [7, 11) is 0. The molecular formula is C23H23F2NO3S2. The number of benzene rings is 2. The molecule has 4 rings (SSSR count). The van der Waals surface area contributed by atoms with Gasteiger partial charge >= 0.3 is 0 Å². The van der Waals surface area contributed by atoms with Crippen LogP contribution in [0.3, 0.4) is 0 Å². The highest BCUT2D eigenvalue weighted by Crippen LogP contribution is 2.35. The molecule has 0 fully saturated rings. The SMILES string of the molecule is O=S(O)CCCc1ccc(OCc2cc(F)ccc2-c2nc3c(s2)CCCC3)c(F)c1. The predicted octanol–water partition coefficient (Wildman–Crippen LogP) is 5.70. The van der Waals surface area contributed by atoms with E-state index in [2.05, 4.69) is 0 Å². The molecule has 0 spiro atoms. The minimum absolute atomic E-state index is 0.0249. The molecule has 1 aliphatic rings. The van der Waals surface area contributed by atoms with Gasteiger partial charge in [0.05, 0.1) is 5.69 Å². The molecule has 2 aromatic carbocycles. The van der Waals surface area contributed by atoms with E-state index in [-0.39, 0.29) is 23.9 Å². The molecule has 3 aromatic rings. The summed E-state index contributed by atoms with van der Waals surface area (Å²) in [6, 6.07) is 9.19. The normalized spacial score (nSPS) is 14.3. The maximum atomic E-state index is 14.5. The summed E-state index contributed by atoms with van der Waals surface area (Å²) in [6.07, 6.45) is 5.32. The van der Waals surface area contributed by atoms with Crippen molar-refractivity contribution in [2.45, 2.75) is 45.1 Å². The average Bonchev–Trinajstić information content (AvgIpc) is 3.17. The summed E-state index contributed by atoms with van der Waals surface area (Å²) >= 11 is -0.203. The second-order valence-electron chi connectivity index (χ2n) is 7.58. The number of aryl methyl sites for hydroxylation is 3. The van der Waals surface area contributed by atoms with E-state index < -0.39 is 16.9 Å². The van der Waals surface area contributed by atoms with Crippen LogP contribution in [-0.2, 0) is 36.9 Å². The van der Waals surface area contributed by atoms with Crippen LogP contribution in [0.5, 0.6) is 5.75 Å². The minimum atomic E-state index is -1.84. The molecule has 0 saturated carbocycles. The van der Waals surface area contributed by atoms with E-state index in [9.17, 15) is 13.0 Å². The first-order chi connectivity index (χ1) is 15.0. The smallest absolute Gasteiger partial charge is 0.165 e. The van der Waals surface area contributed by atoms with E-state index in [1.54, 1.807) is 29.5 Å². The molecule has 1 atom stereocenters. The highest BCUT2D eigenvalue weighted by molar-refractivity contribution is 7.79. The van der Waals surface area contributed by atoms with Gasteiger partial charge in [-0.1, -0.05) is 6.07 Å². The van der Waals surface area contributed by atoms with Crippen molar-refractivity contribution in [3.8, 4) is 16.3 Å². The zero-order chi connectivity index (χ0) is 21.8. The van der Waals surface area contributed by atoms with Crippen molar-refractivity contribution in [1.82, 2.24) is 4.98 Å². The Morgan fingerprint density at radius 2 is 1.97 bits per heavy atom. The molecule has 0 amide bonds. The van der Waals surface area contributed by atoms with Crippen LogP contribution in [-0.4, -0.2) is 19.5 Å². The first-order valence-electron chi connectivity index (χ1n) is 10.3. The van der Waals surface area contributed by atoms with E-state index in [0.717, 1.165) is 41.1 Å². The average molecular weight is 464 g/mol. The molecule has 0 saturated heterocycles. The van der Waals surface area contributed by atoms with Crippen LogP contribution in [0.2, 0.25) is 0 Å². The summed E-state index contributed by atoms with van der Waals surface area (Å²) in [6.45, 7) is 0.0249. The van der Waals surface area contributed by atoms with E-state index in [0.29, 0.717) is 18.4 Å². The van der Waals surface area contributed by atoms with Crippen LogP contribution in [0.15, 0.2) is 36.4 Å². The van der Waals surface area contributed by atoms with Crippen LogP contribution in [0.1, 0.15) is 41.0 Å². The van der Waals surface area contributed by atoms with Gasteiger partial charge in [-0.15, -0.1) is 11.3 Å². The lowest BCUT2D eigenvalue weighted by atomic mass is 10.0. The van der Waals surface area contributed by atoms with Gasteiger partial charge in [-0.05, 0) is 74.4 Å². The third-order valence-corrected chi connectivity index (χ3v) is 7.14. The van der Waals surface area contributed by atoms with Crippen molar-refractivity contribution in [3.05, 3.63) is 69.7 Å². The number of halogens is 2.